The summed E-state index contributed by atoms with van der Waals surface area (Å²) >= 11 is 0. The maximum atomic E-state index is 11.5. The highest BCUT2D eigenvalue weighted by atomic mass is 16.7. The number of rotatable bonds is 8. The summed E-state index contributed by atoms with van der Waals surface area (Å²) in [6, 6.07) is -3.46. The van der Waals surface area contributed by atoms with E-state index in [1.54, 1.807) is 0 Å². The Morgan fingerprint density at radius 1 is 1.23 bits per heavy atom. The molecule has 9 N–H and O–H groups in total. The number of amides is 1. The number of carboxylic acids is 2. The molecule has 13 heteroatoms. The number of carboxylic acid groups (broad SMARTS) is 2. The van der Waals surface area contributed by atoms with Crippen molar-refractivity contribution in [3.05, 3.63) is 0 Å². The second-order valence-electron chi connectivity index (χ2n) is 5.79. The number of nitrogens with one attached hydrogen (secondary N) is 2. The summed E-state index contributed by atoms with van der Waals surface area (Å²) in [7, 11) is 0. The first-order valence-corrected chi connectivity index (χ1v) is 7.46. The van der Waals surface area contributed by atoms with Crippen LogP contribution in [0.15, 0.2) is 0 Å². The van der Waals surface area contributed by atoms with Crippen molar-refractivity contribution in [2.45, 2.75) is 49.2 Å². The number of carbonyl (C=O) groups excluding carboxylic acids is 1. The average molecular weight is 382 g/mol. The lowest BCUT2D eigenvalue weighted by atomic mass is 9.85. The average Bonchev–Trinajstić information content (AvgIpc) is 2.54. The Labute approximate surface area is 146 Å². The Morgan fingerprint density at radius 2 is 1.81 bits per heavy atom. The number of aliphatic hydroxyl groups is 5. The molecule has 1 fully saturated rings. The quantitative estimate of drug-likeness (QED) is 0.192. The van der Waals surface area contributed by atoms with Gasteiger partial charge in [-0.2, -0.15) is 0 Å². The van der Waals surface area contributed by atoms with Gasteiger partial charge >= 0.3 is 11.9 Å². The van der Waals surface area contributed by atoms with Gasteiger partial charge in [0.05, 0.1) is 25.3 Å². The molecule has 0 radical (unpaired) electrons. The van der Waals surface area contributed by atoms with Crippen molar-refractivity contribution in [1.82, 2.24) is 10.6 Å². The minimum absolute atomic E-state index is 0.730. The minimum Gasteiger partial charge on any atom is -0.480 e. The Hall–Kier alpha value is -1.87. The molecule has 0 aliphatic carbocycles. The highest BCUT2D eigenvalue weighted by Crippen LogP contribution is 2.31. The molecule has 0 aromatic rings. The van der Waals surface area contributed by atoms with Gasteiger partial charge in [-0.25, -0.2) is 4.79 Å². The third-order valence-electron chi connectivity index (χ3n) is 3.87. The summed E-state index contributed by atoms with van der Waals surface area (Å²) in [6.07, 6.45) is -7.64. The van der Waals surface area contributed by atoms with Gasteiger partial charge in [0.2, 0.25) is 5.91 Å². The monoisotopic (exact) mass is 382 g/mol. The van der Waals surface area contributed by atoms with E-state index in [0.717, 1.165) is 6.92 Å². The molecule has 1 heterocycles. The number of carbonyl (C=O) groups is 3. The molecule has 1 aliphatic rings. The van der Waals surface area contributed by atoms with Crippen molar-refractivity contribution in [3.63, 3.8) is 0 Å². The first-order valence-electron chi connectivity index (χ1n) is 7.46. The van der Waals surface area contributed by atoms with Crippen LogP contribution in [-0.4, -0.2) is 109 Å². The molecular weight excluding hydrogens is 360 g/mol. The largest absolute Gasteiger partial charge is 0.480 e. The Kier molecular flexibility index (Phi) is 7.40. The van der Waals surface area contributed by atoms with Crippen LogP contribution in [0.5, 0.6) is 0 Å². The molecule has 0 bridgehead atoms. The molecule has 26 heavy (non-hydrogen) atoms. The van der Waals surface area contributed by atoms with E-state index in [-0.39, 0.29) is 0 Å². The fourth-order valence-corrected chi connectivity index (χ4v) is 2.64. The fourth-order valence-electron chi connectivity index (χ4n) is 2.64. The highest BCUT2D eigenvalue weighted by Gasteiger charge is 2.60. The zero-order valence-corrected chi connectivity index (χ0v) is 13.6. The second kappa shape index (κ2) is 8.68. The summed E-state index contributed by atoms with van der Waals surface area (Å²) in [5.74, 6) is -7.38. The number of aliphatic hydroxyl groups excluding tert-OH is 4. The maximum Gasteiger partial charge on any atom is 0.366 e. The molecule has 0 spiro atoms. The van der Waals surface area contributed by atoms with E-state index in [9.17, 15) is 39.9 Å². The van der Waals surface area contributed by atoms with Crippen LogP contribution >= 0.6 is 0 Å². The van der Waals surface area contributed by atoms with Gasteiger partial charge in [-0.05, 0) is 0 Å². The Balaban J connectivity index is 3.30. The predicted octanol–water partition coefficient (Wildman–Crippen LogP) is -5.22. The molecular formula is C13H22N2O11. The summed E-state index contributed by atoms with van der Waals surface area (Å²) in [5, 5.41) is 71.5. The molecule has 0 saturated carbocycles. The van der Waals surface area contributed by atoms with E-state index in [4.69, 9.17) is 14.9 Å². The van der Waals surface area contributed by atoms with E-state index in [1.165, 1.54) is 0 Å². The molecule has 2 unspecified atom stereocenters. The van der Waals surface area contributed by atoms with Crippen LogP contribution in [0.1, 0.15) is 6.92 Å². The zero-order chi connectivity index (χ0) is 20.2. The van der Waals surface area contributed by atoms with Gasteiger partial charge in [0.15, 0.2) is 0 Å². The molecule has 0 aromatic heterocycles. The molecule has 13 nitrogen and oxygen atoms in total. The fraction of sp³-hybridized carbons (Fsp3) is 0.769. The summed E-state index contributed by atoms with van der Waals surface area (Å²) in [6.45, 7) is -0.785. The van der Waals surface area contributed by atoms with Crippen LogP contribution in [0.4, 0.5) is 0 Å². The lowest BCUT2D eigenvalue weighted by molar-refractivity contribution is -0.306. The van der Waals surface area contributed by atoms with E-state index >= 15 is 0 Å². The van der Waals surface area contributed by atoms with Crippen LogP contribution in [0, 0.1) is 0 Å². The highest BCUT2D eigenvalue weighted by molar-refractivity contribution is 5.78. The molecule has 1 aliphatic heterocycles. The van der Waals surface area contributed by atoms with Gasteiger partial charge in [0, 0.05) is 6.92 Å². The molecule has 150 valence electrons. The van der Waals surface area contributed by atoms with Gasteiger partial charge < -0.3 is 45.8 Å². The van der Waals surface area contributed by atoms with Crippen LogP contribution in [0.25, 0.3) is 0 Å². The van der Waals surface area contributed by atoms with Crippen molar-refractivity contribution in [2.75, 3.05) is 13.2 Å². The van der Waals surface area contributed by atoms with Crippen molar-refractivity contribution in [2.24, 2.45) is 0 Å². The van der Waals surface area contributed by atoms with E-state index in [0.29, 0.717) is 0 Å². The van der Waals surface area contributed by atoms with Crippen LogP contribution in [0.2, 0.25) is 0 Å². The smallest absolute Gasteiger partial charge is 0.366 e. The van der Waals surface area contributed by atoms with Crippen LogP contribution < -0.4 is 10.6 Å². The Morgan fingerprint density at radius 3 is 2.23 bits per heavy atom. The van der Waals surface area contributed by atoms with Gasteiger partial charge in [-0.15, -0.1) is 0 Å². The molecule has 1 saturated heterocycles. The molecule has 7 atom stereocenters. The summed E-state index contributed by atoms with van der Waals surface area (Å²) in [4.78, 5) is 33.5. The third-order valence-corrected chi connectivity index (χ3v) is 3.87. The number of hydrogen-bond acceptors (Lipinski definition) is 10. The van der Waals surface area contributed by atoms with Crippen molar-refractivity contribution >= 4 is 17.8 Å². The Bertz CT molecular complexity index is 544. The number of ether oxygens (including phenoxy) is 1. The van der Waals surface area contributed by atoms with E-state index < -0.39 is 73.3 Å². The van der Waals surface area contributed by atoms with E-state index in [2.05, 4.69) is 10.6 Å². The standard InChI is InChI=1S/C13H22N2O11/c1-4(17)15-7-9(22)11(14-2-6(19)20)13(25,12(23)24)26-10(7)8(21)5(18)3-16/h5,7-11,14,16,18,21-22,25H,2-3H2,1H3,(H,15,17)(H,19,20)(H,23,24)/t5-,7-,8?,9-,10-,11?,13-/m1/s1. The second-order valence-corrected chi connectivity index (χ2v) is 5.79. The summed E-state index contributed by atoms with van der Waals surface area (Å²) < 4.78 is 4.95. The van der Waals surface area contributed by atoms with Crippen molar-refractivity contribution < 1.29 is 54.9 Å². The van der Waals surface area contributed by atoms with Gasteiger partial charge in [-0.3, -0.25) is 14.9 Å². The van der Waals surface area contributed by atoms with Crippen LogP contribution in [0.3, 0.4) is 0 Å². The first-order chi connectivity index (χ1) is 12.0. The first kappa shape index (κ1) is 22.2. The van der Waals surface area contributed by atoms with Crippen molar-refractivity contribution in [3.8, 4) is 0 Å². The van der Waals surface area contributed by atoms with E-state index in [1.807, 2.05) is 0 Å². The summed E-state index contributed by atoms with van der Waals surface area (Å²) in [5.41, 5.74) is 0. The lowest BCUT2D eigenvalue weighted by Gasteiger charge is -2.49. The van der Waals surface area contributed by atoms with Crippen molar-refractivity contribution in [1.29, 1.82) is 0 Å². The molecule has 0 aromatic carbocycles. The predicted molar refractivity (Wildman–Crippen MR) is 79.6 cm³/mol. The minimum atomic E-state index is -3.20. The van der Waals surface area contributed by atoms with Gasteiger partial charge in [0.1, 0.15) is 24.4 Å². The topological polar surface area (TPSA) is 226 Å². The van der Waals surface area contributed by atoms with Crippen LogP contribution in [-0.2, 0) is 19.1 Å². The van der Waals surface area contributed by atoms with Gasteiger partial charge in [-0.1, -0.05) is 0 Å². The van der Waals surface area contributed by atoms with Gasteiger partial charge in [0.25, 0.3) is 5.79 Å². The molecule has 1 rings (SSSR count). The number of hydrogen-bond donors (Lipinski definition) is 9. The zero-order valence-electron chi connectivity index (χ0n) is 13.6. The molecule has 1 amide bonds. The SMILES string of the molecule is CC(=O)N[C@@H]1[C@@H](O)C(NCC(=O)O)[C@](O)(C(=O)O)O[C@H]1C(O)[C@H](O)CO. The third kappa shape index (κ3) is 4.64. The lowest BCUT2D eigenvalue weighted by Crippen LogP contribution is -2.76. The number of aliphatic carboxylic acids is 2. The normalized spacial score (nSPS) is 33.9. The maximum absolute atomic E-state index is 11.5.